The molecule has 0 atom stereocenters. The molecule has 306 valence electrons. The van der Waals surface area contributed by atoms with Gasteiger partial charge in [0.05, 0.1) is 33.3 Å². The summed E-state index contributed by atoms with van der Waals surface area (Å²) in [5.74, 6) is -3.32. The molecule has 0 aromatic heterocycles. The Morgan fingerprint density at radius 3 is 0.968 bits per heavy atom. The summed E-state index contributed by atoms with van der Waals surface area (Å²) in [6, 6.07) is 50.1. The van der Waals surface area contributed by atoms with Gasteiger partial charge < -0.3 is 9.80 Å². The first-order valence-corrected chi connectivity index (χ1v) is 21.7. The van der Waals surface area contributed by atoms with Crippen molar-refractivity contribution in [2.24, 2.45) is 0 Å². The van der Waals surface area contributed by atoms with Gasteiger partial charge in [-0.25, -0.2) is 8.78 Å². The van der Waals surface area contributed by atoms with Gasteiger partial charge in [-0.1, -0.05) is 142 Å². The van der Waals surface area contributed by atoms with Crippen molar-refractivity contribution in [2.75, 3.05) is 9.80 Å². The van der Waals surface area contributed by atoms with Gasteiger partial charge in [-0.15, -0.1) is 0 Å². The fourth-order valence-corrected chi connectivity index (χ4v) is 11.7. The zero-order chi connectivity index (χ0) is 44.3. The topological polar surface area (TPSA) is 54.1 Å². The SMILES string of the molecule is Cc1cccc(C)c1B1c2ccccc2N(c2c(C#N)c(C#N)c(N3c4ccccc4B(c4c(C)cccc4C)c4ccccc43)c3c2C(C)(C)C(F)(F)C3(C)C)c2ccccc21. The maximum absolute atomic E-state index is 18.0. The maximum atomic E-state index is 18.0. The minimum atomic E-state index is -3.32. The van der Waals surface area contributed by atoms with E-state index >= 15 is 8.78 Å². The van der Waals surface area contributed by atoms with E-state index in [1.165, 1.54) is 10.9 Å². The zero-order valence-corrected chi connectivity index (χ0v) is 36.9. The third kappa shape index (κ3) is 5.31. The number of halogens is 2. The average Bonchev–Trinajstić information content (AvgIpc) is 3.38. The van der Waals surface area contributed by atoms with Crippen LogP contribution in [0.15, 0.2) is 133 Å². The predicted molar refractivity (Wildman–Crippen MR) is 257 cm³/mol. The molecule has 4 nitrogen and oxygen atoms in total. The molecule has 3 aliphatic rings. The molecule has 0 saturated heterocycles. The van der Waals surface area contributed by atoms with Crippen LogP contribution in [0.2, 0.25) is 0 Å². The van der Waals surface area contributed by atoms with Crippen LogP contribution in [-0.4, -0.2) is 19.3 Å². The second-order valence-corrected chi connectivity index (χ2v) is 18.6. The van der Waals surface area contributed by atoms with Gasteiger partial charge in [0, 0.05) is 22.7 Å². The Hall–Kier alpha value is -6.89. The smallest absolute Gasteiger partial charge is 0.266 e. The summed E-state index contributed by atoms with van der Waals surface area (Å²) in [6.07, 6.45) is 0. The summed E-state index contributed by atoms with van der Waals surface area (Å²) < 4.78 is 36.0. The van der Waals surface area contributed by atoms with Crippen molar-refractivity contribution in [1.29, 1.82) is 10.5 Å². The maximum Gasteiger partial charge on any atom is 0.266 e. The molecule has 0 amide bonds. The van der Waals surface area contributed by atoms with Crippen LogP contribution in [0.25, 0.3) is 0 Å². The number of aryl methyl sites for hydroxylation is 4. The Morgan fingerprint density at radius 2 is 0.698 bits per heavy atom. The molecule has 63 heavy (non-hydrogen) atoms. The van der Waals surface area contributed by atoms with Crippen LogP contribution in [0, 0.1) is 50.4 Å². The summed E-state index contributed by atoms with van der Waals surface area (Å²) in [5, 5.41) is 23.3. The number of hydrogen-bond acceptors (Lipinski definition) is 4. The first-order chi connectivity index (χ1) is 30.2. The van der Waals surface area contributed by atoms with E-state index in [1.807, 2.05) is 82.6 Å². The summed E-state index contributed by atoms with van der Waals surface area (Å²) in [6.45, 7) is 14.6. The molecule has 1 aliphatic carbocycles. The third-order valence-electron chi connectivity index (χ3n) is 14.6. The van der Waals surface area contributed by atoms with Gasteiger partial charge >= 0.3 is 0 Å². The van der Waals surface area contributed by atoms with Crippen molar-refractivity contribution in [1.82, 2.24) is 0 Å². The molecule has 0 unspecified atom stereocenters. The van der Waals surface area contributed by atoms with Crippen LogP contribution in [-0.2, 0) is 10.8 Å². The van der Waals surface area contributed by atoms with Crippen molar-refractivity contribution in [2.45, 2.75) is 72.1 Å². The second-order valence-electron chi connectivity index (χ2n) is 18.6. The minimum Gasteiger partial charge on any atom is -0.310 e. The van der Waals surface area contributed by atoms with Crippen LogP contribution >= 0.6 is 0 Å². The van der Waals surface area contributed by atoms with Crippen LogP contribution in [0.3, 0.4) is 0 Å². The Morgan fingerprint density at radius 1 is 0.429 bits per heavy atom. The highest BCUT2D eigenvalue weighted by atomic mass is 19.3. The van der Waals surface area contributed by atoms with E-state index < -0.39 is 16.8 Å². The number of hydrogen-bond donors (Lipinski definition) is 0. The highest BCUT2D eigenvalue weighted by Crippen LogP contribution is 2.66. The molecule has 2 aliphatic heterocycles. The third-order valence-corrected chi connectivity index (χ3v) is 14.6. The predicted octanol–water partition coefficient (Wildman–Crippen LogP) is 9.47. The van der Waals surface area contributed by atoms with E-state index in [9.17, 15) is 10.5 Å². The number of fused-ring (bicyclic) bond motifs is 5. The van der Waals surface area contributed by atoms with Crippen molar-refractivity contribution in [3.05, 3.63) is 178 Å². The summed E-state index contributed by atoms with van der Waals surface area (Å²) in [4.78, 5) is 4.04. The molecule has 8 heteroatoms. The number of nitriles is 2. The van der Waals surface area contributed by atoms with Gasteiger partial charge in [-0.05, 0) is 113 Å². The number of rotatable bonds is 4. The van der Waals surface area contributed by atoms with Crippen LogP contribution in [0.5, 0.6) is 0 Å². The van der Waals surface area contributed by atoms with Crippen LogP contribution < -0.4 is 42.6 Å². The monoisotopic (exact) mass is 822 g/mol. The molecule has 0 fully saturated rings. The van der Waals surface area contributed by atoms with E-state index in [0.29, 0.717) is 22.5 Å². The normalized spacial score (nSPS) is 16.0. The number of anilines is 6. The lowest BCUT2D eigenvalue weighted by Crippen LogP contribution is -2.59. The molecule has 7 aromatic carbocycles. The van der Waals surface area contributed by atoms with Gasteiger partial charge in [0.1, 0.15) is 12.1 Å². The van der Waals surface area contributed by atoms with E-state index in [1.54, 1.807) is 27.7 Å². The summed E-state index contributed by atoms with van der Waals surface area (Å²) in [5.41, 5.74) is 12.0. The lowest BCUT2D eigenvalue weighted by atomic mass is 9.34. The van der Waals surface area contributed by atoms with Crippen molar-refractivity contribution < 1.29 is 8.78 Å². The number of benzene rings is 7. The molecular weight excluding hydrogens is 776 g/mol. The Balaban J connectivity index is 1.35. The van der Waals surface area contributed by atoms with E-state index in [4.69, 9.17) is 0 Å². The largest absolute Gasteiger partial charge is 0.310 e. The van der Waals surface area contributed by atoms with E-state index in [-0.39, 0.29) is 24.6 Å². The highest BCUT2D eigenvalue weighted by molar-refractivity contribution is 6.99. The van der Waals surface area contributed by atoms with E-state index in [0.717, 1.165) is 66.9 Å². The summed E-state index contributed by atoms with van der Waals surface area (Å²) >= 11 is 0. The minimum absolute atomic E-state index is 0.0646. The van der Waals surface area contributed by atoms with Gasteiger partial charge in [-0.3, -0.25) is 0 Å². The highest BCUT2D eigenvalue weighted by Gasteiger charge is 2.68. The van der Waals surface area contributed by atoms with Crippen LogP contribution in [0.4, 0.5) is 42.9 Å². The molecule has 0 bridgehead atoms. The molecule has 10 rings (SSSR count). The van der Waals surface area contributed by atoms with Crippen LogP contribution in [0.1, 0.15) is 72.2 Å². The number of alkyl halides is 2. The molecule has 0 radical (unpaired) electrons. The molecule has 2 heterocycles. The second kappa shape index (κ2) is 14.1. The van der Waals surface area contributed by atoms with Gasteiger partial charge in [0.15, 0.2) is 0 Å². The van der Waals surface area contributed by atoms with Crippen molar-refractivity contribution in [3.63, 3.8) is 0 Å². The molecule has 0 spiro atoms. The number of para-hydroxylation sites is 4. The Bertz CT molecular complexity index is 2830. The van der Waals surface area contributed by atoms with E-state index in [2.05, 4.69) is 100 Å². The van der Waals surface area contributed by atoms with Gasteiger partial charge in [0.25, 0.3) is 5.92 Å². The lowest BCUT2D eigenvalue weighted by Gasteiger charge is -2.42. The molecule has 0 saturated carbocycles. The van der Waals surface area contributed by atoms with Crippen molar-refractivity contribution >= 4 is 80.3 Å². The lowest BCUT2D eigenvalue weighted by molar-refractivity contribution is -0.105. The van der Waals surface area contributed by atoms with Gasteiger partial charge in [-0.2, -0.15) is 10.5 Å². The first-order valence-electron chi connectivity index (χ1n) is 21.7. The summed E-state index contributed by atoms with van der Waals surface area (Å²) in [7, 11) is 0. The molecular formula is C55H46B2F2N4. The zero-order valence-electron chi connectivity index (χ0n) is 36.9. The molecule has 0 N–H and O–H groups in total. The standard InChI is InChI=1S/C55H46B2F2N4/c1-33-19-17-20-34(2)49(33)56-39-23-9-13-27-43(39)62(44-28-14-10-24-40(44)56)51-37(31-60)38(32-61)52(48-47(51)53(5,6)55(58,59)54(48,7)8)63-45-29-15-11-25-41(45)57(42-26-12-16-30-46(42)63)50-35(3)21-18-22-36(50)4/h9-30H,1-8H3. The Labute approximate surface area is 370 Å². The first kappa shape index (κ1) is 40.2. The average molecular weight is 823 g/mol. The van der Waals surface area contributed by atoms with Gasteiger partial charge in [0.2, 0.25) is 13.4 Å². The fraction of sp³-hybridized carbons (Fsp3) is 0.200. The fourth-order valence-electron chi connectivity index (χ4n) is 11.7. The Kier molecular flexibility index (Phi) is 8.97. The van der Waals surface area contributed by atoms with Crippen molar-refractivity contribution in [3.8, 4) is 12.1 Å². The molecule has 7 aromatic rings. The quantitative estimate of drug-likeness (QED) is 0.166. The number of nitrogens with zero attached hydrogens (tertiary/aromatic N) is 4.